The lowest BCUT2D eigenvalue weighted by Crippen LogP contribution is -2.54. The van der Waals surface area contributed by atoms with Gasteiger partial charge in [0.2, 0.25) is 0 Å². The summed E-state index contributed by atoms with van der Waals surface area (Å²) in [5.41, 5.74) is 0.920. The smallest absolute Gasteiger partial charge is 0.0165 e. The van der Waals surface area contributed by atoms with Crippen LogP contribution in [-0.4, -0.2) is 22.5 Å². The molecule has 21 heavy (non-hydrogen) atoms. The molecule has 0 aromatic carbocycles. The van der Waals surface area contributed by atoms with Crippen LogP contribution in [0.4, 0.5) is 0 Å². The van der Waals surface area contributed by atoms with Crippen LogP contribution in [0.2, 0.25) is 0 Å². The Kier molecular flexibility index (Phi) is 5.13. The van der Waals surface area contributed by atoms with Gasteiger partial charge in [-0.2, -0.15) is 0 Å². The Morgan fingerprint density at radius 1 is 1.05 bits per heavy atom. The van der Waals surface area contributed by atoms with Crippen molar-refractivity contribution >= 4 is 0 Å². The summed E-state index contributed by atoms with van der Waals surface area (Å²) < 4.78 is 0. The van der Waals surface area contributed by atoms with E-state index in [-0.39, 0.29) is 0 Å². The quantitative estimate of drug-likeness (QED) is 0.625. The van der Waals surface area contributed by atoms with E-state index in [0.29, 0.717) is 11.0 Å². The van der Waals surface area contributed by atoms with E-state index in [2.05, 4.69) is 53.4 Å². The average Bonchev–Trinajstić information content (AvgIpc) is 2.65. The fourth-order valence-electron chi connectivity index (χ4n) is 6.01. The van der Waals surface area contributed by atoms with E-state index < -0.39 is 0 Å². The van der Waals surface area contributed by atoms with Crippen molar-refractivity contribution in [2.45, 2.75) is 111 Å². The SMILES string of the molecule is CCC1(CC)CC(C)(C)N([C@@H]2CCCCC2C(C)C)C1C. The topological polar surface area (TPSA) is 3.24 Å². The fraction of sp³-hybridized carbons (Fsp3) is 1.00. The lowest BCUT2D eigenvalue weighted by Gasteiger charge is -2.48. The Balaban J connectivity index is 2.32. The highest BCUT2D eigenvalue weighted by Crippen LogP contribution is 2.53. The Morgan fingerprint density at radius 2 is 1.62 bits per heavy atom. The number of hydrogen-bond acceptors (Lipinski definition) is 1. The van der Waals surface area contributed by atoms with Crippen LogP contribution in [0.5, 0.6) is 0 Å². The van der Waals surface area contributed by atoms with Gasteiger partial charge in [0, 0.05) is 17.6 Å². The summed E-state index contributed by atoms with van der Waals surface area (Å²) in [5, 5.41) is 0. The van der Waals surface area contributed by atoms with Gasteiger partial charge in [0.1, 0.15) is 0 Å². The Bertz CT molecular complexity index is 340. The summed E-state index contributed by atoms with van der Waals surface area (Å²) in [4.78, 5) is 2.98. The van der Waals surface area contributed by atoms with E-state index in [9.17, 15) is 0 Å². The minimum Gasteiger partial charge on any atom is -0.292 e. The third-order valence-corrected chi connectivity index (χ3v) is 7.19. The second-order valence-corrected chi connectivity index (χ2v) is 8.90. The van der Waals surface area contributed by atoms with Crippen molar-refractivity contribution in [2.75, 3.05) is 0 Å². The van der Waals surface area contributed by atoms with Crippen LogP contribution in [-0.2, 0) is 0 Å². The van der Waals surface area contributed by atoms with Crippen molar-refractivity contribution in [3.8, 4) is 0 Å². The van der Waals surface area contributed by atoms with Gasteiger partial charge in [-0.05, 0) is 70.1 Å². The van der Waals surface area contributed by atoms with Crippen LogP contribution >= 0.6 is 0 Å². The highest BCUT2D eigenvalue weighted by molar-refractivity contribution is 5.08. The number of hydrogen-bond donors (Lipinski definition) is 0. The summed E-state index contributed by atoms with van der Waals surface area (Å²) in [6, 6.07) is 1.57. The summed E-state index contributed by atoms with van der Waals surface area (Å²) in [5.74, 6) is 1.74. The molecular weight excluding hydrogens is 254 g/mol. The molecule has 0 radical (unpaired) electrons. The van der Waals surface area contributed by atoms with Crippen molar-refractivity contribution in [1.29, 1.82) is 0 Å². The van der Waals surface area contributed by atoms with Crippen LogP contribution in [0.15, 0.2) is 0 Å². The maximum absolute atomic E-state index is 2.98. The molecule has 1 aliphatic carbocycles. The normalized spacial score (nSPS) is 36.3. The molecule has 0 N–H and O–H groups in total. The highest BCUT2D eigenvalue weighted by Gasteiger charge is 2.54. The number of nitrogens with zero attached hydrogens (tertiary/aromatic N) is 1. The standard InChI is InChI=1S/C20H39N/c1-8-20(9-2)14-19(6,7)21(16(20)5)18-13-11-10-12-17(18)15(3)4/h15-18H,8-14H2,1-7H3/t16?,17?,18-/m1/s1. The molecule has 3 atom stereocenters. The molecule has 1 nitrogen and oxygen atoms in total. The molecule has 1 saturated heterocycles. The number of likely N-dealkylation sites (tertiary alicyclic amines) is 1. The fourth-order valence-corrected chi connectivity index (χ4v) is 6.01. The maximum atomic E-state index is 2.98. The first-order valence-corrected chi connectivity index (χ1v) is 9.57. The van der Waals surface area contributed by atoms with Crippen LogP contribution < -0.4 is 0 Å². The first-order chi connectivity index (χ1) is 9.79. The van der Waals surface area contributed by atoms with E-state index in [1.54, 1.807) is 0 Å². The Morgan fingerprint density at radius 3 is 2.10 bits per heavy atom. The molecule has 0 aromatic heterocycles. The Labute approximate surface area is 133 Å². The molecule has 124 valence electrons. The first-order valence-electron chi connectivity index (χ1n) is 9.57. The lowest BCUT2D eigenvalue weighted by atomic mass is 9.73. The van der Waals surface area contributed by atoms with Crippen molar-refractivity contribution < 1.29 is 0 Å². The second-order valence-electron chi connectivity index (χ2n) is 8.90. The van der Waals surface area contributed by atoms with Gasteiger partial charge in [0.25, 0.3) is 0 Å². The zero-order valence-electron chi connectivity index (χ0n) is 15.7. The molecule has 1 heteroatoms. The lowest BCUT2D eigenvalue weighted by molar-refractivity contribution is -0.000138. The molecule has 0 aromatic rings. The summed E-state index contributed by atoms with van der Waals surface area (Å²) in [6.45, 7) is 17.3. The third kappa shape index (κ3) is 2.92. The van der Waals surface area contributed by atoms with Crippen molar-refractivity contribution in [3.05, 3.63) is 0 Å². The highest BCUT2D eigenvalue weighted by atomic mass is 15.3. The van der Waals surface area contributed by atoms with Gasteiger partial charge < -0.3 is 0 Å². The Hall–Kier alpha value is -0.0400. The largest absolute Gasteiger partial charge is 0.292 e. The molecule has 2 unspecified atom stereocenters. The monoisotopic (exact) mass is 293 g/mol. The zero-order valence-corrected chi connectivity index (χ0v) is 15.7. The van der Waals surface area contributed by atoms with E-state index in [0.717, 1.165) is 23.9 Å². The van der Waals surface area contributed by atoms with E-state index in [4.69, 9.17) is 0 Å². The minimum atomic E-state index is 0.376. The molecule has 2 aliphatic rings. The van der Waals surface area contributed by atoms with Gasteiger partial charge in [0.05, 0.1) is 0 Å². The van der Waals surface area contributed by atoms with E-state index in [1.165, 1.54) is 44.9 Å². The number of rotatable bonds is 4. The zero-order chi connectivity index (χ0) is 15.8. The molecule has 0 bridgehead atoms. The molecule has 0 spiro atoms. The van der Waals surface area contributed by atoms with Crippen LogP contribution in [0.25, 0.3) is 0 Å². The van der Waals surface area contributed by atoms with Gasteiger partial charge in [-0.15, -0.1) is 0 Å². The third-order valence-electron chi connectivity index (χ3n) is 7.19. The maximum Gasteiger partial charge on any atom is 0.0165 e. The predicted octanol–water partition coefficient (Wildman–Crippen LogP) is 5.88. The van der Waals surface area contributed by atoms with Gasteiger partial charge in [-0.1, -0.05) is 40.5 Å². The molecule has 2 rings (SSSR count). The van der Waals surface area contributed by atoms with Gasteiger partial charge in [-0.25, -0.2) is 0 Å². The van der Waals surface area contributed by atoms with Crippen LogP contribution in [0, 0.1) is 17.3 Å². The van der Waals surface area contributed by atoms with Crippen molar-refractivity contribution in [3.63, 3.8) is 0 Å². The summed E-state index contributed by atoms with van der Waals surface area (Å²) in [6.07, 6.45) is 9.84. The van der Waals surface area contributed by atoms with Crippen LogP contribution in [0.1, 0.15) is 93.4 Å². The van der Waals surface area contributed by atoms with E-state index >= 15 is 0 Å². The van der Waals surface area contributed by atoms with Crippen molar-refractivity contribution in [2.24, 2.45) is 17.3 Å². The average molecular weight is 294 g/mol. The summed E-state index contributed by atoms with van der Waals surface area (Å²) >= 11 is 0. The van der Waals surface area contributed by atoms with Gasteiger partial charge in [0.15, 0.2) is 0 Å². The predicted molar refractivity (Wildman–Crippen MR) is 93.6 cm³/mol. The van der Waals surface area contributed by atoms with Crippen molar-refractivity contribution in [1.82, 2.24) is 4.90 Å². The van der Waals surface area contributed by atoms with E-state index in [1.807, 2.05) is 0 Å². The molecule has 2 fully saturated rings. The molecular formula is C20H39N. The first kappa shape index (κ1) is 17.3. The second kappa shape index (κ2) is 6.22. The molecule has 1 saturated carbocycles. The molecule has 1 heterocycles. The summed E-state index contributed by atoms with van der Waals surface area (Å²) in [7, 11) is 0. The molecule has 1 aliphatic heterocycles. The minimum absolute atomic E-state index is 0.376. The molecule has 0 amide bonds. The van der Waals surface area contributed by atoms with Gasteiger partial charge in [-0.3, -0.25) is 4.90 Å². The van der Waals surface area contributed by atoms with Gasteiger partial charge >= 0.3 is 0 Å². The van der Waals surface area contributed by atoms with Crippen LogP contribution in [0.3, 0.4) is 0 Å².